The summed E-state index contributed by atoms with van der Waals surface area (Å²) in [6.45, 7) is 7.43. The minimum atomic E-state index is -0.460. The Morgan fingerprint density at radius 1 is 1.30 bits per heavy atom. The molecular formula is C15H23N3O2. The molecule has 0 saturated carbocycles. The monoisotopic (exact) mass is 277 g/mol. The number of rotatable bonds is 6. The van der Waals surface area contributed by atoms with Crippen molar-refractivity contribution in [3.63, 3.8) is 0 Å². The van der Waals surface area contributed by atoms with E-state index in [2.05, 4.69) is 15.6 Å². The molecule has 1 rings (SSSR count). The molecule has 5 heteroatoms. The van der Waals surface area contributed by atoms with Crippen LogP contribution in [0.15, 0.2) is 36.5 Å². The van der Waals surface area contributed by atoms with Gasteiger partial charge in [-0.2, -0.15) is 0 Å². The Bertz CT molecular complexity index is 424. The molecule has 0 bridgehead atoms. The van der Waals surface area contributed by atoms with Crippen LogP contribution in [0.4, 0.5) is 4.79 Å². The van der Waals surface area contributed by atoms with E-state index < -0.39 is 11.7 Å². The van der Waals surface area contributed by atoms with Crippen molar-refractivity contribution in [2.24, 2.45) is 0 Å². The first-order valence-corrected chi connectivity index (χ1v) is 6.70. The van der Waals surface area contributed by atoms with Crippen molar-refractivity contribution in [3.05, 3.63) is 42.2 Å². The van der Waals surface area contributed by atoms with Crippen LogP contribution < -0.4 is 10.6 Å². The van der Waals surface area contributed by atoms with Gasteiger partial charge in [-0.05, 0) is 32.9 Å². The number of aromatic nitrogens is 1. The Labute approximate surface area is 120 Å². The van der Waals surface area contributed by atoms with Gasteiger partial charge in [0, 0.05) is 25.8 Å². The summed E-state index contributed by atoms with van der Waals surface area (Å²) in [5, 5.41) is 5.89. The lowest BCUT2D eigenvalue weighted by Crippen LogP contribution is -2.32. The molecule has 1 heterocycles. The largest absolute Gasteiger partial charge is 0.444 e. The van der Waals surface area contributed by atoms with Crippen molar-refractivity contribution in [2.45, 2.75) is 32.9 Å². The first-order chi connectivity index (χ1) is 9.47. The zero-order chi connectivity index (χ0) is 14.8. The standard InChI is InChI=1S/C15H23N3O2/c1-15(2,3)20-14(19)18-11-7-6-9-16-12-13-8-4-5-10-17-13/h4-8,10,16H,9,11-12H2,1-3H3,(H,18,19)/b7-6+. The average molecular weight is 277 g/mol. The Hall–Kier alpha value is -1.88. The highest BCUT2D eigenvalue weighted by Gasteiger charge is 2.14. The van der Waals surface area contributed by atoms with Gasteiger partial charge < -0.3 is 15.4 Å². The number of amides is 1. The van der Waals surface area contributed by atoms with Crippen molar-refractivity contribution < 1.29 is 9.53 Å². The third-order valence-corrected chi connectivity index (χ3v) is 2.22. The van der Waals surface area contributed by atoms with Gasteiger partial charge in [0.15, 0.2) is 0 Å². The third kappa shape index (κ3) is 8.26. The topological polar surface area (TPSA) is 63.2 Å². The zero-order valence-electron chi connectivity index (χ0n) is 12.3. The van der Waals surface area contributed by atoms with E-state index in [0.717, 1.165) is 18.8 Å². The number of hydrogen-bond acceptors (Lipinski definition) is 4. The van der Waals surface area contributed by atoms with Crippen LogP contribution in [0.1, 0.15) is 26.5 Å². The van der Waals surface area contributed by atoms with Gasteiger partial charge in [-0.1, -0.05) is 18.2 Å². The summed E-state index contributed by atoms with van der Waals surface area (Å²) in [6, 6.07) is 5.83. The van der Waals surface area contributed by atoms with Crippen LogP contribution in [0.2, 0.25) is 0 Å². The molecule has 2 N–H and O–H groups in total. The molecule has 0 aliphatic carbocycles. The molecule has 1 aromatic heterocycles. The van der Waals surface area contributed by atoms with Gasteiger partial charge in [0.25, 0.3) is 0 Å². The molecule has 110 valence electrons. The lowest BCUT2D eigenvalue weighted by molar-refractivity contribution is 0.0534. The average Bonchev–Trinajstić information content (AvgIpc) is 2.37. The first kappa shape index (κ1) is 16.2. The minimum absolute atomic E-state index is 0.399. The summed E-state index contributed by atoms with van der Waals surface area (Å²) in [5.41, 5.74) is 0.547. The van der Waals surface area contributed by atoms with E-state index in [0.29, 0.717) is 6.54 Å². The van der Waals surface area contributed by atoms with Crippen LogP contribution >= 0.6 is 0 Å². The van der Waals surface area contributed by atoms with E-state index in [9.17, 15) is 4.79 Å². The van der Waals surface area contributed by atoms with Gasteiger partial charge >= 0.3 is 6.09 Å². The Morgan fingerprint density at radius 3 is 2.70 bits per heavy atom. The van der Waals surface area contributed by atoms with Crippen LogP contribution in [-0.4, -0.2) is 29.8 Å². The van der Waals surface area contributed by atoms with Crippen LogP contribution in [0.25, 0.3) is 0 Å². The van der Waals surface area contributed by atoms with E-state index in [4.69, 9.17) is 4.74 Å². The van der Waals surface area contributed by atoms with Crippen LogP contribution in [-0.2, 0) is 11.3 Å². The number of nitrogens with zero attached hydrogens (tertiary/aromatic N) is 1. The second kappa shape index (κ2) is 8.32. The number of carbonyl (C=O) groups is 1. The van der Waals surface area contributed by atoms with E-state index in [1.807, 2.05) is 51.1 Å². The summed E-state index contributed by atoms with van der Waals surface area (Å²) >= 11 is 0. The van der Waals surface area contributed by atoms with Gasteiger partial charge in [-0.15, -0.1) is 0 Å². The molecule has 0 radical (unpaired) electrons. The fraction of sp³-hybridized carbons (Fsp3) is 0.467. The van der Waals surface area contributed by atoms with Gasteiger partial charge in [-0.3, -0.25) is 4.98 Å². The quantitative estimate of drug-likeness (QED) is 0.618. The number of pyridine rings is 1. The lowest BCUT2D eigenvalue weighted by Gasteiger charge is -2.19. The summed E-state index contributed by atoms with van der Waals surface area (Å²) in [7, 11) is 0. The first-order valence-electron chi connectivity index (χ1n) is 6.70. The highest BCUT2D eigenvalue weighted by Crippen LogP contribution is 2.05. The second-order valence-corrected chi connectivity index (χ2v) is 5.31. The molecule has 0 saturated heterocycles. The molecule has 0 spiro atoms. The highest BCUT2D eigenvalue weighted by atomic mass is 16.6. The van der Waals surface area contributed by atoms with Crippen molar-refractivity contribution in [1.82, 2.24) is 15.6 Å². The molecule has 0 aliphatic heterocycles. The maximum atomic E-state index is 11.3. The fourth-order valence-corrected chi connectivity index (χ4v) is 1.41. The molecule has 20 heavy (non-hydrogen) atoms. The number of hydrogen-bond donors (Lipinski definition) is 2. The van der Waals surface area contributed by atoms with E-state index in [1.54, 1.807) is 6.20 Å². The minimum Gasteiger partial charge on any atom is -0.444 e. The molecule has 0 aliphatic rings. The van der Waals surface area contributed by atoms with Crippen LogP contribution in [0.3, 0.4) is 0 Å². The summed E-state index contributed by atoms with van der Waals surface area (Å²) in [6.07, 6.45) is 5.22. The van der Waals surface area contributed by atoms with Crippen molar-refractivity contribution in [2.75, 3.05) is 13.1 Å². The highest BCUT2D eigenvalue weighted by molar-refractivity contribution is 5.67. The summed E-state index contributed by atoms with van der Waals surface area (Å²) < 4.78 is 5.12. The van der Waals surface area contributed by atoms with E-state index >= 15 is 0 Å². The molecule has 0 fully saturated rings. The third-order valence-electron chi connectivity index (χ3n) is 2.22. The van der Waals surface area contributed by atoms with Crippen LogP contribution in [0.5, 0.6) is 0 Å². The smallest absolute Gasteiger partial charge is 0.407 e. The predicted octanol–water partition coefficient (Wildman–Crippen LogP) is 2.25. The summed E-state index contributed by atoms with van der Waals surface area (Å²) in [5.74, 6) is 0. The molecular weight excluding hydrogens is 254 g/mol. The summed E-state index contributed by atoms with van der Waals surface area (Å²) in [4.78, 5) is 15.6. The van der Waals surface area contributed by atoms with Gasteiger partial charge in [0.2, 0.25) is 0 Å². The Balaban J connectivity index is 2.07. The van der Waals surface area contributed by atoms with Crippen molar-refractivity contribution in [1.29, 1.82) is 0 Å². The normalized spacial score (nSPS) is 11.6. The van der Waals surface area contributed by atoms with Crippen LogP contribution in [0, 0.1) is 0 Å². The van der Waals surface area contributed by atoms with E-state index in [1.165, 1.54) is 0 Å². The molecule has 5 nitrogen and oxygen atoms in total. The maximum Gasteiger partial charge on any atom is 0.407 e. The molecule has 0 unspecified atom stereocenters. The number of alkyl carbamates (subject to hydrolysis) is 1. The fourth-order valence-electron chi connectivity index (χ4n) is 1.41. The maximum absolute atomic E-state index is 11.3. The van der Waals surface area contributed by atoms with Crippen molar-refractivity contribution in [3.8, 4) is 0 Å². The Kier molecular flexibility index (Phi) is 6.73. The molecule has 0 atom stereocenters. The molecule has 1 amide bonds. The van der Waals surface area contributed by atoms with Gasteiger partial charge in [0.05, 0.1) is 5.69 Å². The SMILES string of the molecule is CC(C)(C)OC(=O)NC/C=C/CNCc1ccccn1. The van der Waals surface area contributed by atoms with Gasteiger partial charge in [0.1, 0.15) is 5.60 Å². The molecule has 1 aromatic rings. The second-order valence-electron chi connectivity index (χ2n) is 5.31. The number of carbonyl (C=O) groups excluding carboxylic acids is 1. The Morgan fingerprint density at radius 2 is 2.05 bits per heavy atom. The zero-order valence-corrected chi connectivity index (χ0v) is 12.3. The lowest BCUT2D eigenvalue weighted by atomic mass is 10.2. The predicted molar refractivity (Wildman–Crippen MR) is 79.3 cm³/mol. The molecule has 0 aromatic carbocycles. The number of nitrogens with one attached hydrogen (secondary N) is 2. The van der Waals surface area contributed by atoms with E-state index in [-0.39, 0.29) is 0 Å². The number of ether oxygens (including phenoxy) is 1. The van der Waals surface area contributed by atoms with Gasteiger partial charge in [-0.25, -0.2) is 4.79 Å². The van der Waals surface area contributed by atoms with Crippen molar-refractivity contribution >= 4 is 6.09 Å².